The standard InChI is InChI=1S/C19H32N2/c1-19(2,3)17-9-6-13-21(14-11-17)12-5-8-16-7-4-10-18(20)15-16/h4,7,10,15,17H,5-6,8-9,11-14,20H2,1-3H3. The zero-order chi connectivity index (χ0) is 15.3. The van der Waals surface area contributed by atoms with E-state index in [0.717, 1.165) is 18.0 Å². The van der Waals surface area contributed by atoms with Crippen LogP contribution in [0.3, 0.4) is 0 Å². The Labute approximate surface area is 130 Å². The monoisotopic (exact) mass is 288 g/mol. The minimum absolute atomic E-state index is 0.470. The van der Waals surface area contributed by atoms with Crippen LogP contribution >= 0.6 is 0 Å². The molecule has 1 saturated heterocycles. The van der Waals surface area contributed by atoms with Gasteiger partial charge >= 0.3 is 0 Å². The Bertz CT molecular complexity index is 433. The SMILES string of the molecule is CC(C)(C)C1CCCN(CCCc2cccc(N)c2)CC1. The van der Waals surface area contributed by atoms with Crippen LogP contribution < -0.4 is 5.73 Å². The van der Waals surface area contributed by atoms with E-state index in [0.29, 0.717) is 5.41 Å². The van der Waals surface area contributed by atoms with Crippen LogP contribution in [0.4, 0.5) is 5.69 Å². The molecule has 1 atom stereocenters. The molecule has 2 nitrogen and oxygen atoms in total. The Kier molecular flexibility index (Phi) is 5.69. The third-order valence-corrected chi connectivity index (χ3v) is 4.94. The summed E-state index contributed by atoms with van der Waals surface area (Å²) in [5.41, 5.74) is 8.57. The first-order chi connectivity index (χ1) is 9.95. The van der Waals surface area contributed by atoms with E-state index >= 15 is 0 Å². The molecule has 0 aromatic heterocycles. The second-order valence-corrected chi connectivity index (χ2v) is 7.68. The molecule has 118 valence electrons. The minimum atomic E-state index is 0.470. The van der Waals surface area contributed by atoms with Crippen molar-refractivity contribution in [3.05, 3.63) is 29.8 Å². The predicted molar refractivity (Wildman–Crippen MR) is 92.4 cm³/mol. The van der Waals surface area contributed by atoms with Gasteiger partial charge in [-0.25, -0.2) is 0 Å². The molecule has 2 heteroatoms. The summed E-state index contributed by atoms with van der Waals surface area (Å²) in [6, 6.07) is 8.32. The van der Waals surface area contributed by atoms with Crippen molar-refractivity contribution in [2.24, 2.45) is 11.3 Å². The van der Waals surface area contributed by atoms with Gasteiger partial charge in [0.15, 0.2) is 0 Å². The van der Waals surface area contributed by atoms with Crippen LogP contribution in [0.2, 0.25) is 0 Å². The lowest BCUT2D eigenvalue weighted by Gasteiger charge is -2.29. The molecule has 0 radical (unpaired) electrons. The lowest BCUT2D eigenvalue weighted by molar-refractivity contribution is 0.207. The molecule has 2 rings (SSSR count). The number of nitrogens with zero attached hydrogens (tertiary/aromatic N) is 1. The Hall–Kier alpha value is -1.02. The van der Waals surface area contributed by atoms with Crippen molar-refractivity contribution in [1.29, 1.82) is 0 Å². The van der Waals surface area contributed by atoms with Crippen LogP contribution in [-0.2, 0) is 6.42 Å². The van der Waals surface area contributed by atoms with Gasteiger partial charge in [-0.3, -0.25) is 0 Å². The van der Waals surface area contributed by atoms with Crippen molar-refractivity contribution >= 4 is 5.69 Å². The first-order valence-electron chi connectivity index (χ1n) is 8.52. The molecule has 1 aliphatic rings. The van der Waals surface area contributed by atoms with E-state index < -0.39 is 0 Å². The average Bonchev–Trinajstić information content (AvgIpc) is 2.64. The lowest BCUT2D eigenvalue weighted by atomic mass is 9.77. The van der Waals surface area contributed by atoms with Gasteiger partial charge in [-0.1, -0.05) is 32.9 Å². The lowest BCUT2D eigenvalue weighted by Crippen LogP contribution is -2.27. The van der Waals surface area contributed by atoms with Gasteiger partial charge in [-0.05, 0) is 80.8 Å². The van der Waals surface area contributed by atoms with Gasteiger partial charge in [-0.15, -0.1) is 0 Å². The molecular formula is C19H32N2. The highest BCUT2D eigenvalue weighted by Crippen LogP contribution is 2.34. The summed E-state index contributed by atoms with van der Waals surface area (Å²) in [7, 11) is 0. The van der Waals surface area contributed by atoms with Crippen molar-refractivity contribution in [3.8, 4) is 0 Å². The van der Waals surface area contributed by atoms with Gasteiger partial charge < -0.3 is 10.6 Å². The Morgan fingerprint density at radius 2 is 2.00 bits per heavy atom. The molecule has 0 amide bonds. The molecule has 0 saturated carbocycles. The van der Waals surface area contributed by atoms with Gasteiger partial charge in [0.1, 0.15) is 0 Å². The van der Waals surface area contributed by atoms with Crippen LogP contribution in [0.5, 0.6) is 0 Å². The fourth-order valence-electron chi connectivity index (χ4n) is 3.50. The van der Waals surface area contributed by atoms with Crippen LogP contribution in [0.25, 0.3) is 0 Å². The topological polar surface area (TPSA) is 29.3 Å². The van der Waals surface area contributed by atoms with Crippen molar-refractivity contribution in [2.75, 3.05) is 25.4 Å². The van der Waals surface area contributed by atoms with Gasteiger partial charge in [-0.2, -0.15) is 0 Å². The number of hydrogen-bond acceptors (Lipinski definition) is 2. The van der Waals surface area contributed by atoms with E-state index in [1.54, 1.807) is 0 Å². The van der Waals surface area contributed by atoms with E-state index in [2.05, 4.69) is 43.9 Å². The maximum absolute atomic E-state index is 5.84. The van der Waals surface area contributed by atoms with E-state index in [4.69, 9.17) is 5.73 Å². The molecule has 1 fully saturated rings. The number of nitrogens with two attached hydrogens (primary N) is 1. The second kappa shape index (κ2) is 7.31. The number of anilines is 1. The zero-order valence-electron chi connectivity index (χ0n) is 14.1. The van der Waals surface area contributed by atoms with Crippen molar-refractivity contribution < 1.29 is 0 Å². The van der Waals surface area contributed by atoms with E-state index in [-0.39, 0.29) is 0 Å². The molecule has 1 aromatic rings. The molecule has 1 heterocycles. The second-order valence-electron chi connectivity index (χ2n) is 7.68. The molecule has 1 unspecified atom stereocenters. The molecule has 0 bridgehead atoms. The first-order valence-corrected chi connectivity index (χ1v) is 8.52. The molecule has 21 heavy (non-hydrogen) atoms. The highest BCUT2D eigenvalue weighted by Gasteiger charge is 2.26. The summed E-state index contributed by atoms with van der Waals surface area (Å²) in [5, 5.41) is 0. The number of benzene rings is 1. The summed E-state index contributed by atoms with van der Waals surface area (Å²) >= 11 is 0. The summed E-state index contributed by atoms with van der Waals surface area (Å²) in [4.78, 5) is 2.66. The maximum Gasteiger partial charge on any atom is 0.0316 e. The quantitative estimate of drug-likeness (QED) is 0.835. The zero-order valence-corrected chi connectivity index (χ0v) is 14.1. The van der Waals surface area contributed by atoms with Crippen molar-refractivity contribution in [3.63, 3.8) is 0 Å². The molecule has 2 N–H and O–H groups in total. The average molecular weight is 288 g/mol. The van der Waals surface area contributed by atoms with Crippen molar-refractivity contribution in [1.82, 2.24) is 4.90 Å². The summed E-state index contributed by atoms with van der Waals surface area (Å²) in [5.74, 6) is 0.886. The fraction of sp³-hybridized carbons (Fsp3) is 0.684. The number of likely N-dealkylation sites (tertiary alicyclic amines) is 1. The number of nitrogen functional groups attached to an aromatic ring is 1. The molecule has 1 aliphatic heterocycles. The molecular weight excluding hydrogens is 256 g/mol. The Morgan fingerprint density at radius 1 is 1.19 bits per heavy atom. The summed E-state index contributed by atoms with van der Waals surface area (Å²) in [6.07, 6.45) is 6.51. The van der Waals surface area contributed by atoms with Gasteiger partial charge in [0, 0.05) is 5.69 Å². The fourth-order valence-corrected chi connectivity index (χ4v) is 3.50. The highest BCUT2D eigenvalue weighted by atomic mass is 15.1. The van der Waals surface area contributed by atoms with E-state index in [1.165, 1.54) is 50.9 Å². The van der Waals surface area contributed by atoms with E-state index in [9.17, 15) is 0 Å². The van der Waals surface area contributed by atoms with Gasteiger partial charge in [0.05, 0.1) is 0 Å². The number of aryl methyl sites for hydroxylation is 1. The number of hydrogen-bond donors (Lipinski definition) is 1. The highest BCUT2D eigenvalue weighted by molar-refractivity contribution is 5.40. The first kappa shape index (κ1) is 16.4. The maximum atomic E-state index is 5.84. The third kappa shape index (κ3) is 5.35. The van der Waals surface area contributed by atoms with Crippen LogP contribution in [0.15, 0.2) is 24.3 Å². The third-order valence-electron chi connectivity index (χ3n) is 4.94. The van der Waals surface area contributed by atoms with Gasteiger partial charge in [0.2, 0.25) is 0 Å². The molecule has 1 aromatic carbocycles. The van der Waals surface area contributed by atoms with Crippen LogP contribution in [0, 0.1) is 11.3 Å². The van der Waals surface area contributed by atoms with E-state index in [1.807, 2.05) is 6.07 Å². The smallest absolute Gasteiger partial charge is 0.0316 e. The van der Waals surface area contributed by atoms with Gasteiger partial charge in [0.25, 0.3) is 0 Å². The molecule has 0 aliphatic carbocycles. The minimum Gasteiger partial charge on any atom is -0.399 e. The van der Waals surface area contributed by atoms with Crippen LogP contribution in [-0.4, -0.2) is 24.5 Å². The summed E-state index contributed by atoms with van der Waals surface area (Å²) < 4.78 is 0. The van der Waals surface area contributed by atoms with Crippen LogP contribution in [0.1, 0.15) is 52.0 Å². The number of rotatable bonds is 4. The van der Waals surface area contributed by atoms with Crippen molar-refractivity contribution in [2.45, 2.75) is 52.9 Å². The summed E-state index contributed by atoms with van der Waals surface area (Å²) in [6.45, 7) is 11.0. The Morgan fingerprint density at radius 3 is 2.71 bits per heavy atom. The normalized spacial score (nSPS) is 21.2. The predicted octanol–water partition coefficient (Wildman–Crippen LogP) is 4.35. The molecule has 0 spiro atoms. The Balaban J connectivity index is 1.74. The largest absolute Gasteiger partial charge is 0.399 e.